The summed E-state index contributed by atoms with van der Waals surface area (Å²) in [5.41, 5.74) is 2.25. The second-order valence-corrected chi connectivity index (χ2v) is 7.79. The van der Waals surface area contributed by atoms with E-state index >= 15 is 0 Å². The minimum Gasteiger partial charge on any atom is -0.486 e. The van der Waals surface area contributed by atoms with Crippen LogP contribution in [0.1, 0.15) is 25.0 Å². The summed E-state index contributed by atoms with van der Waals surface area (Å²) in [6, 6.07) is 16.1. The molecule has 2 aromatic carbocycles. The summed E-state index contributed by atoms with van der Waals surface area (Å²) in [6.45, 7) is 5.81. The number of rotatable bonds is 7. The molecule has 1 unspecified atom stereocenters. The fourth-order valence-corrected chi connectivity index (χ4v) is 4.00. The first-order valence-electron chi connectivity index (χ1n) is 8.95. The zero-order valence-electron chi connectivity index (χ0n) is 15.2. The zero-order chi connectivity index (χ0) is 18.4. The summed E-state index contributed by atoms with van der Waals surface area (Å²) in [5.74, 6) is 2.70. The van der Waals surface area contributed by atoms with Crippen molar-refractivity contribution < 1.29 is 14.3 Å². The van der Waals surface area contributed by atoms with Crippen molar-refractivity contribution in [3.63, 3.8) is 0 Å². The highest BCUT2D eigenvalue weighted by atomic mass is 32.2. The van der Waals surface area contributed by atoms with Gasteiger partial charge in [-0.25, -0.2) is 0 Å². The SMILES string of the molecule is CC(C)C(SCc1ccccc1)C(=O)NCc1ccc2c(c1)OCCO2. The Bertz CT molecular complexity index is 733. The van der Waals surface area contributed by atoms with Gasteiger partial charge in [-0.05, 0) is 29.2 Å². The van der Waals surface area contributed by atoms with Crippen LogP contribution in [0.5, 0.6) is 11.5 Å². The summed E-state index contributed by atoms with van der Waals surface area (Å²) in [4.78, 5) is 12.7. The molecule has 1 atom stereocenters. The third-order valence-corrected chi connectivity index (χ3v) is 5.83. The van der Waals surface area contributed by atoms with Crippen molar-refractivity contribution >= 4 is 17.7 Å². The van der Waals surface area contributed by atoms with Crippen LogP contribution < -0.4 is 14.8 Å². The maximum Gasteiger partial charge on any atom is 0.233 e. The van der Waals surface area contributed by atoms with Gasteiger partial charge in [0.05, 0.1) is 5.25 Å². The third-order valence-electron chi connectivity index (χ3n) is 4.21. The lowest BCUT2D eigenvalue weighted by molar-refractivity contribution is -0.121. The quantitative estimate of drug-likeness (QED) is 0.798. The van der Waals surface area contributed by atoms with Crippen LogP contribution in [0.15, 0.2) is 48.5 Å². The first-order valence-corrected chi connectivity index (χ1v) is 10.00. The predicted molar refractivity (Wildman–Crippen MR) is 106 cm³/mol. The molecular formula is C21H25NO3S. The van der Waals surface area contributed by atoms with Crippen molar-refractivity contribution in [2.75, 3.05) is 13.2 Å². The molecule has 5 heteroatoms. The number of hydrogen-bond donors (Lipinski definition) is 1. The second-order valence-electron chi connectivity index (χ2n) is 6.66. The van der Waals surface area contributed by atoms with E-state index in [1.54, 1.807) is 11.8 Å². The summed E-state index contributed by atoms with van der Waals surface area (Å²) in [5, 5.41) is 2.99. The van der Waals surface area contributed by atoms with Crippen LogP contribution in [0.25, 0.3) is 0 Å². The van der Waals surface area contributed by atoms with Crippen molar-refractivity contribution in [2.24, 2.45) is 5.92 Å². The van der Waals surface area contributed by atoms with E-state index in [-0.39, 0.29) is 17.1 Å². The standard InChI is InChI=1S/C21H25NO3S/c1-15(2)20(26-14-16-6-4-3-5-7-16)21(23)22-13-17-8-9-18-19(12-17)25-11-10-24-18/h3-9,12,15,20H,10-11,13-14H2,1-2H3,(H,22,23). The van der Waals surface area contributed by atoms with Crippen molar-refractivity contribution in [3.05, 3.63) is 59.7 Å². The number of carbonyl (C=O) groups excluding carboxylic acids is 1. The highest BCUT2D eigenvalue weighted by Gasteiger charge is 2.22. The Morgan fingerprint density at radius 2 is 1.77 bits per heavy atom. The Balaban J connectivity index is 1.56. The summed E-state index contributed by atoms with van der Waals surface area (Å²) >= 11 is 1.69. The number of hydrogen-bond acceptors (Lipinski definition) is 4. The summed E-state index contributed by atoms with van der Waals surface area (Å²) < 4.78 is 11.1. The molecule has 0 fully saturated rings. The molecule has 0 saturated heterocycles. The topological polar surface area (TPSA) is 47.6 Å². The molecule has 0 saturated carbocycles. The maximum atomic E-state index is 12.7. The number of fused-ring (bicyclic) bond motifs is 1. The monoisotopic (exact) mass is 371 g/mol. The van der Waals surface area contributed by atoms with E-state index in [0.29, 0.717) is 19.8 Å². The van der Waals surface area contributed by atoms with Gasteiger partial charge in [0.25, 0.3) is 0 Å². The predicted octanol–water partition coefficient (Wildman–Crippen LogP) is 4.03. The molecule has 0 spiro atoms. The van der Waals surface area contributed by atoms with E-state index in [1.807, 2.05) is 36.4 Å². The Morgan fingerprint density at radius 1 is 1.04 bits per heavy atom. The van der Waals surface area contributed by atoms with Gasteiger partial charge in [0.1, 0.15) is 13.2 Å². The molecule has 2 aromatic rings. The first-order chi connectivity index (χ1) is 12.6. The third kappa shape index (κ3) is 4.94. The van der Waals surface area contributed by atoms with Crippen molar-refractivity contribution in [3.8, 4) is 11.5 Å². The molecule has 1 heterocycles. The van der Waals surface area contributed by atoms with E-state index in [0.717, 1.165) is 22.8 Å². The van der Waals surface area contributed by atoms with Gasteiger partial charge >= 0.3 is 0 Å². The molecule has 0 bridgehead atoms. The molecule has 1 N–H and O–H groups in total. The minimum absolute atomic E-state index is 0.0765. The zero-order valence-corrected chi connectivity index (χ0v) is 16.1. The van der Waals surface area contributed by atoms with Gasteiger partial charge in [-0.15, -0.1) is 11.8 Å². The van der Waals surface area contributed by atoms with Crippen molar-refractivity contribution in [2.45, 2.75) is 31.4 Å². The molecule has 1 amide bonds. The Kier molecular flexibility index (Phi) is 6.45. The number of amides is 1. The molecule has 3 rings (SSSR count). The maximum absolute atomic E-state index is 12.7. The molecule has 138 valence electrons. The smallest absolute Gasteiger partial charge is 0.233 e. The van der Waals surface area contributed by atoms with Crippen molar-refractivity contribution in [1.29, 1.82) is 0 Å². The number of ether oxygens (including phenoxy) is 2. The van der Waals surface area contributed by atoms with Crippen LogP contribution in [0.3, 0.4) is 0 Å². The summed E-state index contributed by atoms with van der Waals surface area (Å²) in [7, 11) is 0. The number of carbonyl (C=O) groups is 1. The van der Waals surface area contributed by atoms with E-state index in [2.05, 4.69) is 31.3 Å². The number of thioether (sulfide) groups is 1. The lowest BCUT2D eigenvalue weighted by atomic mass is 10.1. The van der Waals surface area contributed by atoms with E-state index in [9.17, 15) is 4.79 Å². The first kappa shape index (κ1) is 18.6. The second kappa shape index (κ2) is 8.99. The number of benzene rings is 2. The van der Waals surface area contributed by atoms with E-state index in [1.165, 1.54) is 5.56 Å². The highest BCUT2D eigenvalue weighted by Crippen LogP contribution is 2.31. The van der Waals surface area contributed by atoms with Crippen molar-refractivity contribution in [1.82, 2.24) is 5.32 Å². The van der Waals surface area contributed by atoms with Crippen LogP contribution in [-0.2, 0) is 17.1 Å². The molecule has 0 radical (unpaired) electrons. The fourth-order valence-electron chi connectivity index (χ4n) is 2.82. The largest absolute Gasteiger partial charge is 0.486 e. The Labute approximate surface area is 159 Å². The molecule has 1 aliphatic rings. The van der Waals surface area contributed by atoms with Crippen LogP contribution in [0, 0.1) is 5.92 Å². The Morgan fingerprint density at radius 3 is 2.50 bits per heavy atom. The molecule has 0 aromatic heterocycles. The van der Waals surface area contributed by atoms with Crippen LogP contribution in [-0.4, -0.2) is 24.4 Å². The average Bonchev–Trinajstić information content (AvgIpc) is 2.67. The van der Waals surface area contributed by atoms with Gasteiger partial charge in [-0.3, -0.25) is 4.79 Å². The minimum atomic E-state index is -0.0765. The average molecular weight is 372 g/mol. The van der Waals surface area contributed by atoms with Gasteiger partial charge in [-0.2, -0.15) is 0 Å². The van der Waals surface area contributed by atoms with Crippen LogP contribution >= 0.6 is 11.8 Å². The molecule has 1 aliphatic heterocycles. The Hall–Kier alpha value is -2.14. The molecule has 4 nitrogen and oxygen atoms in total. The van der Waals surface area contributed by atoms with Gasteiger partial charge in [0, 0.05) is 12.3 Å². The van der Waals surface area contributed by atoms with Crippen LogP contribution in [0.2, 0.25) is 0 Å². The number of nitrogens with one attached hydrogen (secondary N) is 1. The van der Waals surface area contributed by atoms with Gasteiger partial charge in [-0.1, -0.05) is 50.2 Å². The lowest BCUT2D eigenvalue weighted by Gasteiger charge is -2.21. The molecular weight excluding hydrogens is 346 g/mol. The van der Waals surface area contributed by atoms with E-state index in [4.69, 9.17) is 9.47 Å². The molecule has 0 aliphatic carbocycles. The summed E-state index contributed by atoms with van der Waals surface area (Å²) in [6.07, 6.45) is 0. The fraction of sp³-hybridized carbons (Fsp3) is 0.381. The van der Waals surface area contributed by atoms with Gasteiger partial charge in [0.15, 0.2) is 11.5 Å². The normalized spacial score (nSPS) is 14.1. The lowest BCUT2D eigenvalue weighted by Crippen LogP contribution is -2.35. The van der Waals surface area contributed by atoms with Crippen LogP contribution in [0.4, 0.5) is 0 Å². The van der Waals surface area contributed by atoms with E-state index < -0.39 is 0 Å². The van der Waals surface area contributed by atoms with Gasteiger partial charge in [0.2, 0.25) is 5.91 Å². The van der Waals surface area contributed by atoms with Gasteiger partial charge < -0.3 is 14.8 Å². The molecule has 26 heavy (non-hydrogen) atoms. The highest BCUT2D eigenvalue weighted by molar-refractivity contribution is 7.99.